The predicted octanol–water partition coefficient (Wildman–Crippen LogP) is 2.04. The van der Waals surface area contributed by atoms with E-state index in [0.29, 0.717) is 5.92 Å². The Morgan fingerprint density at radius 2 is 2.13 bits per heavy atom. The van der Waals surface area contributed by atoms with Gasteiger partial charge in [0.15, 0.2) is 0 Å². The Morgan fingerprint density at radius 3 is 2.87 bits per heavy atom. The number of anilines is 1. The minimum atomic E-state index is 0.0487. The summed E-state index contributed by atoms with van der Waals surface area (Å²) in [6.07, 6.45) is 3.87. The molecular formula is C16H25N7. The van der Waals surface area contributed by atoms with E-state index in [1.807, 2.05) is 11.6 Å². The fourth-order valence-corrected chi connectivity index (χ4v) is 3.13. The van der Waals surface area contributed by atoms with Crippen LogP contribution in [0.2, 0.25) is 0 Å². The normalized spacial score (nSPS) is 17.2. The van der Waals surface area contributed by atoms with Crippen molar-refractivity contribution in [2.75, 3.05) is 18.4 Å². The molecule has 0 saturated carbocycles. The van der Waals surface area contributed by atoms with Crippen LogP contribution in [0.5, 0.6) is 0 Å². The lowest BCUT2D eigenvalue weighted by Gasteiger charge is -2.23. The summed E-state index contributed by atoms with van der Waals surface area (Å²) in [5, 5.41) is 11.1. The molecule has 0 spiro atoms. The van der Waals surface area contributed by atoms with Gasteiger partial charge in [0.05, 0.1) is 6.04 Å². The number of hydrogen-bond donors (Lipinski definition) is 2. The van der Waals surface area contributed by atoms with Gasteiger partial charge in [-0.3, -0.25) is 0 Å². The molecule has 2 aromatic heterocycles. The van der Waals surface area contributed by atoms with Crippen LogP contribution in [-0.2, 0) is 6.54 Å². The van der Waals surface area contributed by atoms with Gasteiger partial charge < -0.3 is 10.6 Å². The van der Waals surface area contributed by atoms with Crippen molar-refractivity contribution < 1.29 is 0 Å². The van der Waals surface area contributed by atoms with Crippen LogP contribution in [0.3, 0.4) is 0 Å². The first-order valence-electron chi connectivity index (χ1n) is 8.38. The molecule has 1 unspecified atom stereocenters. The maximum atomic E-state index is 4.65. The quantitative estimate of drug-likeness (QED) is 0.879. The highest BCUT2D eigenvalue weighted by Crippen LogP contribution is 2.26. The third kappa shape index (κ3) is 3.67. The zero-order valence-electron chi connectivity index (χ0n) is 14.1. The minimum Gasteiger partial charge on any atom is -0.360 e. The van der Waals surface area contributed by atoms with Crippen LogP contribution in [0.25, 0.3) is 0 Å². The SMILES string of the molecule is CCn1ncnc1C(C)Nc1cc(C2CCNCC2)nc(C)n1. The molecule has 0 aromatic carbocycles. The summed E-state index contributed by atoms with van der Waals surface area (Å²) < 4.78 is 1.90. The molecule has 124 valence electrons. The molecule has 2 aromatic rings. The second-order valence-electron chi connectivity index (χ2n) is 6.05. The number of piperidine rings is 1. The topological polar surface area (TPSA) is 80.5 Å². The Labute approximate surface area is 136 Å². The first-order valence-corrected chi connectivity index (χ1v) is 8.38. The van der Waals surface area contributed by atoms with Crippen molar-refractivity contribution in [3.05, 3.63) is 29.7 Å². The number of aromatic nitrogens is 5. The summed E-state index contributed by atoms with van der Waals surface area (Å²) in [7, 11) is 0. The number of hydrogen-bond acceptors (Lipinski definition) is 6. The van der Waals surface area contributed by atoms with Crippen LogP contribution < -0.4 is 10.6 Å². The predicted molar refractivity (Wildman–Crippen MR) is 89.3 cm³/mol. The minimum absolute atomic E-state index is 0.0487. The number of rotatable bonds is 5. The van der Waals surface area contributed by atoms with Gasteiger partial charge >= 0.3 is 0 Å². The highest BCUT2D eigenvalue weighted by molar-refractivity contribution is 5.39. The first-order chi connectivity index (χ1) is 11.2. The molecule has 1 atom stereocenters. The standard InChI is InChI=1S/C16H25N7/c1-4-23-16(18-10-19-23)11(2)20-15-9-14(21-12(3)22-15)13-5-7-17-8-6-13/h9-11,13,17H,4-8H2,1-3H3,(H,20,21,22). The Hall–Kier alpha value is -2.02. The highest BCUT2D eigenvalue weighted by atomic mass is 15.3. The lowest BCUT2D eigenvalue weighted by molar-refractivity contribution is 0.452. The maximum absolute atomic E-state index is 4.65. The largest absolute Gasteiger partial charge is 0.360 e. The van der Waals surface area contributed by atoms with Crippen LogP contribution in [-0.4, -0.2) is 37.8 Å². The second-order valence-corrected chi connectivity index (χ2v) is 6.05. The van der Waals surface area contributed by atoms with Crippen molar-refractivity contribution in [2.45, 2.75) is 52.1 Å². The molecule has 0 amide bonds. The van der Waals surface area contributed by atoms with Crippen molar-refractivity contribution in [2.24, 2.45) is 0 Å². The molecule has 23 heavy (non-hydrogen) atoms. The monoisotopic (exact) mass is 315 g/mol. The molecule has 0 bridgehead atoms. The van der Waals surface area contributed by atoms with E-state index < -0.39 is 0 Å². The summed E-state index contributed by atoms with van der Waals surface area (Å²) in [4.78, 5) is 13.5. The lowest BCUT2D eigenvalue weighted by atomic mass is 9.94. The Balaban J connectivity index is 1.78. The molecule has 2 N–H and O–H groups in total. The van der Waals surface area contributed by atoms with E-state index in [0.717, 1.165) is 55.6 Å². The summed E-state index contributed by atoms with van der Waals surface area (Å²) in [5.41, 5.74) is 1.14. The molecule has 0 radical (unpaired) electrons. The Kier molecular flexibility index (Phi) is 4.85. The van der Waals surface area contributed by atoms with E-state index >= 15 is 0 Å². The average molecular weight is 315 g/mol. The number of aryl methyl sites for hydroxylation is 2. The molecular weight excluding hydrogens is 290 g/mol. The van der Waals surface area contributed by atoms with Gasteiger partial charge in [0, 0.05) is 24.2 Å². The summed E-state index contributed by atoms with van der Waals surface area (Å²) in [6, 6.07) is 2.14. The Bertz CT molecular complexity index is 646. The Morgan fingerprint density at radius 1 is 1.35 bits per heavy atom. The molecule has 1 fully saturated rings. The van der Waals surface area contributed by atoms with Gasteiger partial charge in [-0.1, -0.05) is 0 Å². The van der Waals surface area contributed by atoms with E-state index in [2.05, 4.69) is 50.6 Å². The summed E-state index contributed by atoms with van der Waals surface area (Å²) >= 11 is 0. The zero-order chi connectivity index (χ0) is 16.2. The van der Waals surface area contributed by atoms with E-state index in [9.17, 15) is 0 Å². The van der Waals surface area contributed by atoms with Crippen LogP contribution in [0.4, 0.5) is 5.82 Å². The average Bonchev–Trinajstić information content (AvgIpc) is 3.04. The van der Waals surface area contributed by atoms with Crippen LogP contribution in [0.15, 0.2) is 12.4 Å². The van der Waals surface area contributed by atoms with Gasteiger partial charge in [-0.15, -0.1) is 0 Å². The molecule has 1 saturated heterocycles. The van der Waals surface area contributed by atoms with Gasteiger partial charge in [0.25, 0.3) is 0 Å². The fourth-order valence-electron chi connectivity index (χ4n) is 3.13. The van der Waals surface area contributed by atoms with E-state index in [4.69, 9.17) is 0 Å². The van der Waals surface area contributed by atoms with Crippen LogP contribution in [0, 0.1) is 6.92 Å². The number of nitrogens with zero attached hydrogens (tertiary/aromatic N) is 5. The second kappa shape index (κ2) is 7.04. The van der Waals surface area contributed by atoms with Crippen molar-refractivity contribution in [1.29, 1.82) is 0 Å². The van der Waals surface area contributed by atoms with Gasteiger partial charge in [0.1, 0.15) is 23.8 Å². The van der Waals surface area contributed by atoms with Gasteiger partial charge in [0.2, 0.25) is 0 Å². The van der Waals surface area contributed by atoms with Crippen LogP contribution in [0.1, 0.15) is 56.0 Å². The van der Waals surface area contributed by atoms with E-state index in [1.165, 1.54) is 0 Å². The van der Waals surface area contributed by atoms with Crippen molar-refractivity contribution in [3.8, 4) is 0 Å². The molecule has 7 heteroatoms. The van der Waals surface area contributed by atoms with Gasteiger partial charge in [-0.25, -0.2) is 19.6 Å². The summed E-state index contributed by atoms with van der Waals surface area (Å²) in [6.45, 7) is 9.03. The molecule has 3 rings (SSSR count). The van der Waals surface area contributed by atoms with Gasteiger partial charge in [-0.2, -0.15) is 5.10 Å². The smallest absolute Gasteiger partial charge is 0.149 e. The lowest BCUT2D eigenvalue weighted by Crippen LogP contribution is -2.27. The molecule has 1 aliphatic heterocycles. The zero-order valence-corrected chi connectivity index (χ0v) is 14.1. The molecule has 3 heterocycles. The summed E-state index contributed by atoms with van der Waals surface area (Å²) in [5.74, 6) is 3.12. The molecule has 1 aliphatic rings. The van der Waals surface area contributed by atoms with E-state index in [-0.39, 0.29) is 6.04 Å². The third-order valence-electron chi connectivity index (χ3n) is 4.31. The highest BCUT2D eigenvalue weighted by Gasteiger charge is 2.19. The fraction of sp³-hybridized carbons (Fsp3) is 0.625. The van der Waals surface area contributed by atoms with Gasteiger partial charge in [-0.05, 0) is 46.7 Å². The van der Waals surface area contributed by atoms with Crippen LogP contribution >= 0.6 is 0 Å². The number of nitrogens with one attached hydrogen (secondary N) is 2. The first kappa shape index (κ1) is 15.9. The van der Waals surface area contributed by atoms with Crippen molar-refractivity contribution in [3.63, 3.8) is 0 Å². The van der Waals surface area contributed by atoms with Crippen molar-refractivity contribution >= 4 is 5.82 Å². The van der Waals surface area contributed by atoms with E-state index in [1.54, 1.807) is 6.33 Å². The maximum Gasteiger partial charge on any atom is 0.149 e. The third-order valence-corrected chi connectivity index (χ3v) is 4.31. The van der Waals surface area contributed by atoms with Crippen molar-refractivity contribution in [1.82, 2.24) is 30.0 Å². The molecule has 0 aliphatic carbocycles. The molecule has 7 nitrogen and oxygen atoms in total.